The smallest absolute Gasteiger partial charge is 0.256 e. The zero-order valence-corrected chi connectivity index (χ0v) is 11.9. The van der Waals surface area contributed by atoms with Crippen LogP contribution in [0.5, 0.6) is 0 Å². The SMILES string of the molecule is CC1CCCN(C(=O)c2cc(I)ccc2F)C1. The van der Waals surface area contributed by atoms with Crippen LogP contribution in [0.25, 0.3) is 0 Å². The number of likely N-dealkylation sites (tertiary alicyclic amines) is 1. The number of halogens is 2. The Morgan fingerprint density at radius 1 is 1.53 bits per heavy atom. The van der Waals surface area contributed by atoms with Gasteiger partial charge in [0.15, 0.2) is 0 Å². The number of piperidine rings is 1. The van der Waals surface area contributed by atoms with Crippen molar-refractivity contribution in [1.82, 2.24) is 4.90 Å². The standard InChI is InChI=1S/C13H15FINO/c1-9-3-2-6-16(8-9)13(17)11-7-10(15)4-5-12(11)14/h4-5,7,9H,2-3,6,8H2,1H3. The van der Waals surface area contributed by atoms with Crippen LogP contribution in [0.15, 0.2) is 18.2 Å². The van der Waals surface area contributed by atoms with Crippen LogP contribution >= 0.6 is 22.6 Å². The molecule has 4 heteroatoms. The lowest BCUT2D eigenvalue weighted by Gasteiger charge is -2.31. The first-order chi connectivity index (χ1) is 8.08. The predicted octanol–water partition coefficient (Wildman–Crippen LogP) is 3.30. The molecule has 1 amide bonds. The lowest BCUT2D eigenvalue weighted by molar-refractivity contribution is 0.0678. The van der Waals surface area contributed by atoms with Crippen molar-refractivity contribution in [2.45, 2.75) is 19.8 Å². The van der Waals surface area contributed by atoms with E-state index in [9.17, 15) is 9.18 Å². The van der Waals surface area contributed by atoms with E-state index in [0.717, 1.165) is 29.5 Å². The molecule has 1 aliphatic heterocycles. The van der Waals surface area contributed by atoms with Gasteiger partial charge in [0.2, 0.25) is 0 Å². The van der Waals surface area contributed by atoms with Gasteiger partial charge >= 0.3 is 0 Å². The molecule has 1 heterocycles. The molecule has 1 aromatic rings. The summed E-state index contributed by atoms with van der Waals surface area (Å²) in [5.74, 6) is -0.0836. The van der Waals surface area contributed by atoms with Crippen molar-refractivity contribution < 1.29 is 9.18 Å². The van der Waals surface area contributed by atoms with Crippen LogP contribution in [-0.2, 0) is 0 Å². The molecule has 0 aliphatic carbocycles. The van der Waals surface area contributed by atoms with Gasteiger partial charge in [-0.1, -0.05) is 6.92 Å². The van der Waals surface area contributed by atoms with Gasteiger partial charge in [-0.05, 0) is 59.5 Å². The number of benzene rings is 1. The van der Waals surface area contributed by atoms with Crippen molar-refractivity contribution in [3.05, 3.63) is 33.1 Å². The van der Waals surface area contributed by atoms with E-state index in [1.165, 1.54) is 6.07 Å². The molecule has 1 saturated heterocycles. The van der Waals surface area contributed by atoms with Gasteiger partial charge in [-0.15, -0.1) is 0 Å². The summed E-state index contributed by atoms with van der Waals surface area (Å²) < 4.78 is 14.5. The number of hydrogen-bond acceptors (Lipinski definition) is 1. The molecule has 1 aromatic carbocycles. The summed E-state index contributed by atoms with van der Waals surface area (Å²) in [4.78, 5) is 14.0. The Morgan fingerprint density at radius 3 is 3.00 bits per heavy atom. The molecule has 1 fully saturated rings. The van der Waals surface area contributed by atoms with Crippen LogP contribution in [0, 0.1) is 15.3 Å². The number of rotatable bonds is 1. The molecule has 0 aromatic heterocycles. The van der Waals surface area contributed by atoms with E-state index in [0.29, 0.717) is 5.92 Å². The molecule has 1 unspecified atom stereocenters. The van der Waals surface area contributed by atoms with E-state index in [1.807, 2.05) is 0 Å². The minimum atomic E-state index is -0.423. The Hall–Kier alpha value is -0.650. The third-order valence-corrected chi connectivity index (χ3v) is 3.77. The fraction of sp³-hybridized carbons (Fsp3) is 0.462. The topological polar surface area (TPSA) is 20.3 Å². The van der Waals surface area contributed by atoms with Gasteiger partial charge in [0.1, 0.15) is 5.82 Å². The maximum Gasteiger partial charge on any atom is 0.256 e. The van der Waals surface area contributed by atoms with Crippen molar-refractivity contribution in [2.24, 2.45) is 5.92 Å². The average molecular weight is 347 g/mol. The summed E-state index contributed by atoms with van der Waals surface area (Å²) in [5.41, 5.74) is 0.200. The van der Waals surface area contributed by atoms with E-state index in [2.05, 4.69) is 29.5 Å². The Balaban J connectivity index is 2.21. The fourth-order valence-corrected chi connectivity index (χ4v) is 2.70. The molecule has 17 heavy (non-hydrogen) atoms. The molecule has 0 spiro atoms. The number of carbonyl (C=O) groups excluding carboxylic acids is 1. The zero-order valence-electron chi connectivity index (χ0n) is 9.75. The lowest BCUT2D eigenvalue weighted by Crippen LogP contribution is -2.39. The Bertz CT molecular complexity index is 435. The second-order valence-corrected chi connectivity index (χ2v) is 5.87. The van der Waals surface area contributed by atoms with Gasteiger partial charge < -0.3 is 4.90 Å². The van der Waals surface area contributed by atoms with Gasteiger partial charge in [-0.3, -0.25) is 4.79 Å². The fourth-order valence-electron chi connectivity index (χ4n) is 2.21. The molecule has 0 bridgehead atoms. The van der Waals surface area contributed by atoms with Crippen molar-refractivity contribution in [2.75, 3.05) is 13.1 Å². The molecule has 0 N–H and O–H groups in total. The van der Waals surface area contributed by atoms with Crippen LogP contribution in [0.2, 0.25) is 0 Å². The number of hydrogen-bond donors (Lipinski definition) is 0. The highest BCUT2D eigenvalue weighted by atomic mass is 127. The maximum absolute atomic E-state index is 13.6. The minimum absolute atomic E-state index is 0.174. The molecular weight excluding hydrogens is 332 g/mol. The van der Waals surface area contributed by atoms with E-state index in [-0.39, 0.29) is 11.5 Å². The molecule has 0 radical (unpaired) electrons. The normalized spacial score (nSPS) is 20.4. The van der Waals surface area contributed by atoms with Gasteiger partial charge in [0, 0.05) is 16.7 Å². The van der Waals surface area contributed by atoms with E-state index in [1.54, 1.807) is 17.0 Å². The molecule has 1 aliphatic rings. The Morgan fingerprint density at radius 2 is 2.29 bits per heavy atom. The lowest BCUT2D eigenvalue weighted by atomic mass is 9.99. The first-order valence-corrected chi connectivity index (χ1v) is 6.90. The zero-order chi connectivity index (χ0) is 12.4. The van der Waals surface area contributed by atoms with E-state index < -0.39 is 5.82 Å². The summed E-state index contributed by atoms with van der Waals surface area (Å²) in [6, 6.07) is 4.66. The second kappa shape index (κ2) is 5.33. The quantitative estimate of drug-likeness (QED) is 0.714. The minimum Gasteiger partial charge on any atom is -0.338 e. The highest BCUT2D eigenvalue weighted by Gasteiger charge is 2.24. The summed E-state index contributed by atoms with van der Waals surface area (Å²) in [5, 5.41) is 0. The van der Waals surface area contributed by atoms with Gasteiger partial charge in [0.25, 0.3) is 5.91 Å². The molecule has 1 atom stereocenters. The van der Waals surface area contributed by atoms with Crippen molar-refractivity contribution in [1.29, 1.82) is 0 Å². The third kappa shape index (κ3) is 2.97. The second-order valence-electron chi connectivity index (χ2n) is 4.62. The Kier molecular flexibility index (Phi) is 4.01. The summed E-state index contributed by atoms with van der Waals surface area (Å²) in [7, 11) is 0. The average Bonchev–Trinajstić information content (AvgIpc) is 2.31. The first-order valence-electron chi connectivity index (χ1n) is 5.82. The van der Waals surface area contributed by atoms with Gasteiger partial charge in [0.05, 0.1) is 5.56 Å². The molecule has 2 nitrogen and oxygen atoms in total. The van der Waals surface area contributed by atoms with Crippen LogP contribution < -0.4 is 0 Å². The summed E-state index contributed by atoms with van der Waals surface area (Å²) in [6.07, 6.45) is 2.16. The van der Waals surface area contributed by atoms with Crippen LogP contribution in [0.1, 0.15) is 30.1 Å². The van der Waals surface area contributed by atoms with Gasteiger partial charge in [-0.25, -0.2) is 4.39 Å². The molecule has 0 saturated carbocycles. The molecule has 2 rings (SSSR count). The monoisotopic (exact) mass is 347 g/mol. The number of carbonyl (C=O) groups is 1. The maximum atomic E-state index is 13.6. The highest BCUT2D eigenvalue weighted by molar-refractivity contribution is 14.1. The summed E-state index contributed by atoms with van der Waals surface area (Å²) >= 11 is 2.09. The highest BCUT2D eigenvalue weighted by Crippen LogP contribution is 2.20. The predicted molar refractivity (Wildman–Crippen MR) is 73.4 cm³/mol. The third-order valence-electron chi connectivity index (χ3n) is 3.10. The Labute approximate surface area is 114 Å². The largest absolute Gasteiger partial charge is 0.338 e. The number of amides is 1. The molecule has 92 valence electrons. The van der Waals surface area contributed by atoms with Crippen molar-refractivity contribution in [3.8, 4) is 0 Å². The number of nitrogens with zero attached hydrogens (tertiary/aromatic N) is 1. The van der Waals surface area contributed by atoms with Crippen molar-refractivity contribution in [3.63, 3.8) is 0 Å². The first kappa shape index (κ1) is 12.8. The van der Waals surface area contributed by atoms with E-state index in [4.69, 9.17) is 0 Å². The molecular formula is C13H15FINO. The summed E-state index contributed by atoms with van der Waals surface area (Å²) in [6.45, 7) is 3.61. The van der Waals surface area contributed by atoms with Crippen molar-refractivity contribution >= 4 is 28.5 Å². The van der Waals surface area contributed by atoms with Gasteiger partial charge in [-0.2, -0.15) is 0 Å². The van der Waals surface area contributed by atoms with Crippen LogP contribution in [0.3, 0.4) is 0 Å². The van der Waals surface area contributed by atoms with Crippen LogP contribution in [-0.4, -0.2) is 23.9 Å². The van der Waals surface area contributed by atoms with Crippen LogP contribution in [0.4, 0.5) is 4.39 Å². The van der Waals surface area contributed by atoms with E-state index >= 15 is 0 Å².